The van der Waals surface area contributed by atoms with Crippen LogP contribution in [0, 0.1) is 6.57 Å². The lowest BCUT2D eigenvalue weighted by Crippen LogP contribution is -2.52. The first-order chi connectivity index (χ1) is 19.4. The predicted octanol–water partition coefficient (Wildman–Crippen LogP) is 3.14. The van der Waals surface area contributed by atoms with Crippen molar-refractivity contribution in [2.24, 2.45) is 0 Å². The van der Waals surface area contributed by atoms with Crippen LogP contribution < -0.4 is 10.6 Å². The van der Waals surface area contributed by atoms with Gasteiger partial charge in [-0.1, -0.05) is 18.2 Å². The number of anilines is 1. The molecule has 0 bridgehead atoms. The maximum absolute atomic E-state index is 13.2. The highest BCUT2D eigenvalue weighted by molar-refractivity contribution is 6.06. The van der Waals surface area contributed by atoms with Crippen LogP contribution >= 0.6 is 0 Å². The number of nitrogens with one attached hydrogen (secondary N) is 2. The normalized spacial score (nSPS) is 21.6. The fourth-order valence-electron chi connectivity index (χ4n) is 6.74. The zero-order valence-corrected chi connectivity index (χ0v) is 22.0. The minimum Gasteiger partial charge on any atom is -0.384 e. The smallest absolute Gasteiger partial charge is 0.255 e. The van der Waals surface area contributed by atoms with E-state index in [9.17, 15) is 14.4 Å². The van der Waals surface area contributed by atoms with Crippen LogP contribution in [-0.2, 0) is 28.1 Å². The van der Waals surface area contributed by atoms with Crippen molar-refractivity contribution in [3.8, 4) is 5.69 Å². The van der Waals surface area contributed by atoms with Gasteiger partial charge in [-0.2, -0.15) is 5.10 Å². The van der Waals surface area contributed by atoms with E-state index in [2.05, 4.69) is 37.7 Å². The van der Waals surface area contributed by atoms with Crippen LogP contribution in [0.1, 0.15) is 52.7 Å². The first kappa shape index (κ1) is 24.5. The number of carbonyl (C=O) groups excluding carboxylic acids is 3. The molecule has 10 nitrogen and oxygen atoms in total. The van der Waals surface area contributed by atoms with E-state index in [-0.39, 0.29) is 29.6 Å². The quantitative estimate of drug-likeness (QED) is 0.393. The van der Waals surface area contributed by atoms with E-state index in [0.29, 0.717) is 24.2 Å². The Hall–Kier alpha value is -4.49. The molecule has 0 unspecified atom stereocenters. The molecule has 4 aliphatic heterocycles. The zero-order chi connectivity index (χ0) is 27.4. The van der Waals surface area contributed by atoms with Crippen molar-refractivity contribution < 1.29 is 14.4 Å². The second-order valence-electron chi connectivity index (χ2n) is 11.2. The van der Waals surface area contributed by atoms with Gasteiger partial charge in [0.25, 0.3) is 5.91 Å². The Bertz CT molecular complexity index is 1580. The fraction of sp³-hybridized carbons (Fsp3) is 0.367. The highest BCUT2D eigenvalue weighted by atomic mass is 16.2. The molecule has 0 saturated carbocycles. The van der Waals surface area contributed by atoms with Crippen LogP contribution in [-0.4, -0.2) is 63.0 Å². The number of nitrogens with zero attached hydrogens (tertiary/aromatic N) is 5. The molecule has 3 amide bonds. The number of rotatable bonds is 4. The third kappa shape index (κ3) is 3.97. The molecule has 2 saturated heterocycles. The standard InChI is InChI=1S/C30H29N7O3/c1-31-20-2-4-21(5-3-20)37-16-19(14-33-37)15-35-12-10-30(11-13-35)18-32-27-23-17-36(25-8-9-26(38)34-28(25)39)29(40)22(23)6-7-24(27)30/h2-7,14,16,25,32H,8-13,15,17-18H2,(H,34,38,39)/t25-/m0/s1. The van der Waals surface area contributed by atoms with Gasteiger partial charge < -0.3 is 10.2 Å². The molecule has 0 aliphatic carbocycles. The van der Waals surface area contributed by atoms with E-state index >= 15 is 0 Å². The van der Waals surface area contributed by atoms with Gasteiger partial charge in [-0.15, -0.1) is 0 Å². The lowest BCUT2D eigenvalue weighted by molar-refractivity contribution is -0.136. The molecule has 2 aromatic carbocycles. The van der Waals surface area contributed by atoms with Crippen molar-refractivity contribution in [1.29, 1.82) is 0 Å². The summed E-state index contributed by atoms with van der Waals surface area (Å²) in [6.07, 6.45) is 6.62. The molecule has 7 rings (SSSR count). The Morgan fingerprint density at radius 3 is 2.62 bits per heavy atom. The van der Waals surface area contributed by atoms with Gasteiger partial charge in [-0.05, 0) is 56.1 Å². The summed E-state index contributed by atoms with van der Waals surface area (Å²) in [7, 11) is 0. The van der Waals surface area contributed by atoms with Crippen molar-refractivity contribution in [2.45, 2.75) is 50.2 Å². The van der Waals surface area contributed by atoms with Crippen LogP contribution in [0.25, 0.3) is 10.5 Å². The summed E-state index contributed by atoms with van der Waals surface area (Å²) in [6.45, 7) is 11.1. The summed E-state index contributed by atoms with van der Waals surface area (Å²) in [4.78, 5) is 44.8. The lowest BCUT2D eigenvalue weighted by atomic mass is 9.73. The largest absolute Gasteiger partial charge is 0.384 e. The van der Waals surface area contributed by atoms with E-state index in [1.54, 1.807) is 17.0 Å². The summed E-state index contributed by atoms with van der Waals surface area (Å²) in [6, 6.07) is 10.9. The first-order valence-corrected chi connectivity index (χ1v) is 13.7. The Morgan fingerprint density at radius 1 is 1.07 bits per heavy atom. The van der Waals surface area contributed by atoms with E-state index in [1.807, 2.05) is 29.1 Å². The fourth-order valence-corrected chi connectivity index (χ4v) is 6.74. The first-order valence-electron chi connectivity index (χ1n) is 13.7. The minimum atomic E-state index is -0.602. The van der Waals surface area contributed by atoms with E-state index in [4.69, 9.17) is 6.57 Å². The molecular weight excluding hydrogens is 506 g/mol. The van der Waals surface area contributed by atoms with Gasteiger partial charge in [-0.3, -0.25) is 24.6 Å². The van der Waals surface area contributed by atoms with Crippen molar-refractivity contribution in [3.63, 3.8) is 0 Å². The second-order valence-corrected chi connectivity index (χ2v) is 11.2. The molecule has 2 fully saturated rings. The van der Waals surface area contributed by atoms with Gasteiger partial charge in [-0.25, -0.2) is 9.53 Å². The molecule has 40 heavy (non-hydrogen) atoms. The van der Waals surface area contributed by atoms with Crippen molar-refractivity contribution >= 4 is 29.1 Å². The maximum Gasteiger partial charge on any atom is 0.255 e. The molecule has 1 aromatic heterocycles. The summed E-state index contributed by atoms with van der Waals surface area (Å²) >= 11 is 0. The molecule has 10 heteroatoms. The number of imide groups is 1. The van der Waals surface area contributed by atoms with Gasteiger partial charge in [0, 0.05) is 60.0 Å². The van der Waals surface area contributed by atoms with Gasteiger partial charge >= 0.3 is 0 Å². The van der Waals surface area contributed by atoms with Crippen LogP contribution in [0.3, 0.4) is 0 Å². The lowest BCUT2D eigenvalue weighted by Gasteiger charge is -2.39. The van der Waals surface area contributed by atoms with Gasteiger partial charge in [0.15, 0.2) is 5.69 Å². The highest BCUT2D eigenvalue weighted by Crippen LogP contribution is 2.48. The number of benzene rings is 2. The Balaban J connectivity index is 1.03. The molecule has 5 heterocycles. The van der Waals surface area contributed by atoms with Gasteiger partial charge in [0.05, 0.1) is 18.5 Å². The van der Waals surface area contributed by atoms with Gasteiger partial charge in [0.1, 0.15) is 6.04 Å². The summed E-state index contributed by atoms with van der Waals surface area (Å²) in [5.74, 6) is -0.788. The Kier molecular flexibility index (Phi) is 5.71. The van der Waals surface area contributed by atoms with Crippen molar-refractivity contribution in [3.05, 3.63) is 82.5 Å². The molecule has 202 valence electrons. The Morgan fingerprint density at radius 2 is 1.88 bits per heavy atom. The van der Waals surface area contributed by atoms with Crippen LogP contribution in [0.4, 0.5) is 11.4 Å². The molecule has 2 N–H and O–H groups in total. The maximum atomic E-state index is 13.2. The minimum absolute atomic E-state index is 0.0286. The molecule has 3 aromatic rings. The number of aromatic nitrogens is 2. The average Bonchev–Trinajstić information content (AvgIpc) is 3.67. The molecule has 4 aliphatic rings. The third-order valence-corrected chi connectivity index (χ3v) is 8.99. The van der Waals surface area contributed by atoms with E-state index in [1.165, 1.54) is 5.56 Å². The zero-order valence-electron chi connectivity index (χ0n) is 22.0. The SMILES string of the molecule is [C-]#[N+]c1ccc(-n2cc(CN3CCC4(CC3)CNc3c4ccc4c3CN([C@H]3CCC(=O)NC3=O)C4=O)cn2)cc1. The van der Waals surface area contributed by atoms with Crippen molar-refractivity contribution in [2.75, 3.05) is 25.0 Å². The molecular formula is C30H29N7O3. The number of hydrogen-bond donors (Lipinski definition) is 2. The second kappa shape index (κ2) is 9.31. The van der Waals surface area contributed by atoms with Gasteiger partial charge in [0.2, 0.25) is 11.8 Å². The number of piperidine rings is 2. The van der Waals surface area contributed by atoms with Crippen LogP contribution in [0.2, 0.25) is 0 Å². The summed E-state index contributed by atoms with van der Waals surface area (Å²) < 4.78 is 1.85. The van der Waals surface area contributed by atoms with Crippen molar-refractivity contribution in [1.82, 2.24) is 24.9 Å². The molecule has 1 spiro atoms. The highest BCUT2D eigenvalue weighted by Gasteiger charge is 2.46. The number of likely N-dealkylation sites (tertiary alicyclic amines) is 1. The number of amides is 3. The Labute approximate surface area is 231 Å². The average molecular weight is 536 g/mol. The molecule has 1 atom stereocenters. The topological polar surface area (TPSA) is 104 Å². The molecule has 0 radical (unpaired) electrons. The van der Waals surface area contributed by atoms with Crippen LogP contribution in [0.15, 0.2) is 48.8 Å². The number of hydrogen-bond acceptors (Lipinski definition) is 6. The monoisotopic (exact) mass is 535 g/mol. The van der Waals surface area contributed by atoms with E-state index < -0.39 is 6.04 Å². The number of carbonyl (C=O) groups is 3. The summed E-state index contributed by atoms with van der Waals surface area (Å²) in [5, 5.41) is 10.5. The summed E-state index contributed by atoms with van der Waals surface area (Å²) in [5.41, 5.74) is 6.70. The predicted molar refractivity (Wildman–Crippen MR) is 147 cm³/mol. The number of fused-ring (bicyclic) bond motifs is 4. The van der Waals surface area contributed by atoms with E-state index in [0.717, 1.165) is 61.5 Å². The third-order valence-electron chi connectivity index (χ3n) is 8.99. The van der Waals surface area contributed by atoms with Crippen LogP contribution in [0.5, 0.6) is 0 Å².